The number of fused-ring (bicyclic) bond motifs is 1. The van der Waals surface area contributed by atoms with E-state index in [1.807, 2.05) is 0 Å². The van der Waals surface area contributed by atoms with Gasteiger partial charge in [-0.2, -0.15) is 26.3 Å². The molecule has 6 nitrogen and oxygen atoms in total. The average molecular weight is 413 g/mol. The van der Waals surface area contributed by atoms with E-state index in [1.54, 1.807) is 4.99 Å². The Bertz CT molecular complexity index is 921. The van der Waals surface area contributed by atoms with Crippen molar-refractivity contribution >= 4 is 11.7 Å². The van der Waals surface area contributed by atoms with Gasteiger partial charge in [-0.3, -0.25) is 18.9 Å². The fourth-order valence-corrected chi connectivity index (χ4v) is 3.93. The van der Waals surface area contributed by atoms with Gasteiger partial charge in [0.2, 0.25) is 5.82 Å². The molecule has 3 rings (SSSR count). The summed E-state index contributed by atoms with van der Waals surface area (Å²) in [5.74, 6) is -1.75. The lowest BCUT2D eigenvalue weighted by atomic mass is 9.84. The van der Waals surface area contributed by atoms with Crippen LogP contribution in [0.1, 0.15) is 37.7 Å². The molecule has 0 spiro atoms. The van der Waals surface area contributed by atoms with Crippen molar-refractivity contribution in [1.29, 1.82) is 0 Å². The Balaban J connectivity index is 2.43. The van der Waals surface area contributed by atoms with Crippen LogP contribution in [0.4, 0.5) is 32.2 Å². The number of hydrogen-bond donors (Lipinski definition) is 2. The highest BCUT2D eigenvalue weighted by molar-refractivity contribution is 5.94. The molecule has 1 saturated carbocycles. The number of nitrogens with one attached hydrogen (secondary N) is 2. The van der Waals surface area contributed by atoms with Crippen molar-refractivity contribution < 1.29 is 31.3 Å². The number of rotatable bonds is 1. The fourth-order valence-electron chi connectivity index (χ4n) is 3.93. The molecule has 28 heavy (non-hydrogen) atoms. The summed E-state index contributed by atoms with van der Waals surface area (Å²) in [7, 11) is 1.86. The molecule has 2 N–H and O–H groups in total. The summed E-state index contributed by atoms with van der Waals surface area (Å²) >= 11 is 0. The molecule has 1 aliphatic carbocycles. The summed E-state index contributed by atoms with van der Waals surface area (Å²) < 4.78 is 84.8. The zero-order chi connectivity index (χ0) is 21.1. The number of amidine groups is 1. The van der Waals surface area contributed by atoms with Gasteiger partial charge in [-0.25, -0.2) is 10.1 Å². The third-order valence-corrected chi connectivity index (χ3v) is 5.48. The molecule has 2 aliphatic rings. The van der Waals surface area contributed by atoms with Gasteiger partial charge in [-0.15, -0.1) is 0 Å². The van der Waals surface area contributed by atoms with Gasteiger partial charge in [0.05, 0.1) is 5.92 Å². The minimum Gasteiger partial charge on any atom is -0.268 e. The van der Waals surface area contributed by atoms with Crippen LogP contribution in [0.5, 0.6) is 0 Å². The lowest BCUT2D eigenvalue weighted by Gasteiger charge is -2.36. The van der Waals surface area contributed by atoms with Crippen molar-refractivity contribution in [2.45, 2.75) is 50.0 Å². The van der Waals surface area contributed by atoms with Crippen LogP contribution < -0.4 is 21.6 Å². The Morgan fingerprint density at radius 3 is 2.00 bits per heavy atom. The molecule has 0 saturated heterocycles. The van der Waals surface area contributed by atoms with Crippen molar-refractivity contribution in [3.63, 3.8) is 0 Å². The zero-order valence-corrected chi connectivity index (χ0v) is 15.1. The second kappa shape index (κ2) is 6.38. The molecule has 0 aromatic carbocycles. The van der Waals surface area contributed by atoms with Gasteiger partial charge in [0.25, 0.3) is 11.4 Å². The number of nitrogens with zero attached hydrogens (tertiary/aromatic N) is 2. The molecule has 12 heteroatoms. The Morgan fingerprint density at radius 2 is 1.50 bits per heavy atom. The van der Waals surface area contributed by atoms with Crippen molar-refractivity contribution in [3.05, 3.63) is 26.4 Å². The first kappa shape index (κ1) is 20.5. The van der Waals surface area contributed by atoms with Crippen molar-refractivity contribution in [2.75, 3.05) is 5.32 Å². The summed E-state index contributed by atoms with van der Waals surface area (Å²) in [5.41, 5.74) is -8.89. The summed E-state index contributed by atoms with van der Waals surface area (Å²) in [6.45, 7) is 0. The van der Waals surface area contributed by atoms with Crippen LogP contribution >= 0.6 is 0 Å². The monoisotopic (exact) mass is 413 g/mol. The van der Waals surface area contributed by atoms with Crippen LogP contribution in [0, 0.1) is 5.92 Å². The Morgan fingerprint density at radius 1 is 0.964 bits per heavy atom. The molecule has 0 radical (unpaired) electrons. The van der Waals surface area contributed by atoms with Gasteiger partial charge >= 0.3 is 23.6 Å². The van der Waals surface area contributed by atoms with Gasteiger partial charge < -0.3 is 0 Å². The van der Waals surface area contributed by atoms with Gasteiger partial charge in [0.1, 0.15) is 5.56 Å². The maximum atomic E-state index is 14.0. The molecule has 156 valence electrons. The van der Waals surface area contributed by atoms with Crippen molar-refractivity contribution in [1.82, 2.24) is 9.13 Å². The van der Waals surface area contributed by atoms with Gasteiger partial charge in [0.15, 0.2) is 0 Å². The first-order valence-corrected chi connectivity index (χ1v) is 8.69. The second-order valence-electron chi connectivity index (χ2n) is 7.17. The quantitative estimate of drug-likeness (QED) is 0.672. The van der Waals surface area contributed by atoms with Crippen LogP contribution in [-0.4, -0.2) is 27.3 Å². The number of halogens is 6. The normalized spacial score (nSPS) is 20.4. The van der Waals surface area contributed by atoms with Crippen LogP contribution in [0.25, 0.3) is 0 Å². The van der Waals surface area contributed by atoms with E-state index in [1.165, 1.54) is 0 Å². The van der Waals surface area contributed by atoms with Crippen LogP contribution in [0.15, 0.2) is 9.59 Å². The first-order valence-electron chi connectivity index (χ1n) is 8.69. The number of anilines is 1. The summed E-state index contributed by atoms with van der Waals surface area (Å²) in [5, 5.41) is 2.50. The molecule has 1 aromatic rings. The maximum Gasteiger partial charge on any atom is 0.446 e. The van der Waals surface area contributed by atoms with E-state index in [9.17, 15) is 35.9 Å². The molecule has 0 amide bonds. The van der Waals surface area contributed by atoms with E-state index < -0.39 is 46.4 Å². The molecule has 1 aromatic heterocycles. The standard InChI is InChI=1S/C16H18F6N4O2/c1-25-11-9(12(27)26(2)13(25)28)14(15(17,18)19,16(20,21)22)24-10(23-11)8-6-4-3-5-7-8/h8H,3-7H2,1-2H3,(H,23,24)/p+1. The maximum absolute atomic E-state index is 14.0. The van der Waals surface area contributed by atoms with Gasteiger partial charge in [0, 0.05) is 14.1 Å². The number of hydrogen-bond acceptors (Lipinski definition) is 3. The highest BCUT2D eigenvalue weighted by Crippen LogP contribution is 2.48. The first-order chi connectivity index (χ1) is 12.8. The van der Waals surface area contributed by atoms with Crippen molar-refractivity contribution in [3.8, 4) is 0 Å². The topological polar surface area (TPSA) is 70.0 Å². The summed E-state index contributed by atoms with van der Waals surface area (Å²) in [6, 6.07) is 0. The summed E-state index contributed by atoms with van der Waals surface area (Å²) in [4.78, 5) is 26.2. The molecule has 1 fully saturated rings. The van der Waals surface area contributed by atoms with E-state index in [4.69, 9.17) is 0 Å². The molecule has 2 heterocycles. The highest BCUT2D eigenvalue weighted by atomic mass is 19.4. The molecule has 0 atom stereocenters. The largest absolute Gasteiger partial charge is 0.446 e. The van der Waals surface area contributed by atoms with Crippen LogP contribution in [-0.2, 0) is 19.6 Å². The molecular weight excluding hydrogens is 394 g/mol. The molecular formula is C16H19F6N4O2+. The number of alkyl halides is 6. The van der Waals surface area contributed by atoms with Crippen LogP contribution in [0.2, 0.25) is 0 Å². The highest BCUT2D eigenvalue weighted by Gasteiger charge is 2.78. The van der Waals surface area contributed by atoms with E-state index in [2.05, 4.69) is 5.32 Å². The third-order valence-electron chi connectivity index (χ3n) is 5.48. The lowest BCUT2D eigenvalue weighted by Crippen LogP contribution is -2.97. The van der Waals surface area contributed by atoms with E-state index >= 15 is 0 Å². The minimum atomic E-state index is -5.88. The zero-order valence-electron chi connectivity index (χ0n) is 15.1. The third kappa shape index (κ3) is 2.75. The molecule has 0 unspecified atom stereocenters. The lowest BCUT2D eigenvalue weighted by molar-refractivity contribution is -0.660. The number of aromatic nitrogens is 2. The summed E-state index contributed by atoms with van der Waals surface area (Å²) in [6.07, 6.45) is -8.82. The predicted molar refractivity (Wildman–Crippen MR) is 86.9 cm³/mol. The second-order valence-corrected chi connectivity index (χ2v) is 7.17. The van der Waals surface area contributed by atoms with Crippen molar-refractivity contribution in [2.24, 2.45) is 20.0 Å². The Labute approximate surface area is 154 Å². The molecule has 1 aliphatic heterocycles. The Kier molecular flexibility index (Phi) is 4.66. The Hall–Kier alpha value is -2.27. The SMILES string of the molecule is Cn1c2c(c(=O)n(C)c1=O)C(C(F)(F)F)(C(F)(F)F)[NH+]=C(C1CCCCC1)N2. The van der Waals surface area contributed by atoms with Gasteiger partial charge in [-0.05, 0) is 12.8 Å². The fraction of sp³-hybridized carbons (Fsp3) is 0.688. The predicted octanol–water partition coefficient (Wildman–Crippen LogP) is 0.889. The van der Waals surface area contributed by atoms with E-state index in [0.717, 1.165) is 20.5 Å². The van der Waals surface area contributed by atoms with Gasteiger partial charge in [-0.1, -0.05) is 19.3 Å². The van der Waals surface area contributed by atoms with E-state index in [0.29, 0.717) is 30.3 Å². The smallest absolute Gasteiger partial charge is 0.268 e. The molecule has 0 bridgehead atoms. The van der Waals surface area contributed by atoms with Crippen LogP contribution in [0.3, 0.4) is 0 Å². The van der Waals surface area contributed by atoms with E-state index in [-0.39, 0.29) is 10.4 Å². The minimum absolute atomic E-state index is 0.236. The average Bonchev–Trinajstić information content (AvgIpc) is 2.62.